The van der Waals surface area contributed by atoms with E-state index in [2.05, 4.69) is 13.5 Å². The number of unbranched alkanes of at least 4 members (excludes halogenated alkanes) is 1. The molecule has 0 aromatic carbocycles. The maximum atomic E-state index is 11.3. The summed E-state index contributed by atoms with van der Waals surface area (Å²) in [6.07, 6.45) is 3.32. The third kappa shape index (κ3) is 10.2. The van der Waals surface area contributed by atoms with Crippen LogP contribution in [0.15, 0.2) is 0 Å². The summed E-state index contributed by atoms with van der Waals surface area (Å²) in [5, 5.41) is 0. The minimum Gasteiger partial charge on any atom is -0.422 e. The Kier molecular flexibility index (Phi) is 10.8. The van der Waals surface area contributed by atoms with Gasteiger partial charge in [0, 0.05) is 6.61 Å². The summed E-state index contributed by atoms with van der Waals surface area (Å²) in [4.78, 5) is 9.00. The molecule has 0 rings (SSSR count). The highest BCUT2D eigenvalue weighted by atomic mass is 29.2. The molecule has 2 unspecified atom stereocenters. The Morgan fingerprint density at radius 3 is 2.65 bits per heavy atom. The van der Waals surface area contributed by atoms with Crippen molar-refractivity contribution in [3.63, 3.8) is 0 Å². The van der Waals surface area contributed by atoms with Gasteiger partial charge in [-0.2, -0.15) is 0 Å². The number of hydrogen-bond donors (Lipinski definition) is 1. The summed E-state index contributed by atoms with van der Waals surface area (Å²) in [6, 6.07) is 2.36. The Labute approximate surface area is 112 Å². The van der Waals surface area contributed by atoms with Gasteiger partial charge >= 0.3 is 9.28 Å². The summed E-state index contributed by atoms with van der Waals surface area (Å²) in [7, 11) is -4.76. The average Bonchev–Trinajstić information content (AvgIpc) is 2.28. The van der Waals surface area contributed by atoms with Gasteiger partial charge < -0.3 is 17.8 Å². The standard InChI is InChI=1S/C9H26O4Si4/c1-4-8-17(3,14-10)9-6-5-7-12-15-13-16(2)11/h11,14,16H,4-9,15H2,1-3H3. The van der Waals surface area contributed by atoms with Crippen molar-refractivity contribution in [1.82, 2.24) is 0 Å². The molecule has 0 aliphatic heterocycles. The second kappa shape index (κ2) is 10.5. The molecule has 0 aromatic heterocycles. The first-order valence-corrected chi connectivity index (χ1v) is 14.9. The van der Waals surface area contributed by atoms with Crippen molar-refractivity contribution in [3.8, 4) is 0 Å². The normalized spacial score (nSPS) is 17.2. The molecule has 102 valence electrons. The van der Waals surface area contributed by atoms with Gasteiger partial charge in [0.25, 0.3) is 10.0 Å². The van der Waals surface area contributed by atoms with Crippen LogP contribution in [0.25, 0.3) is 0 Å². The molecule has 0 spiro atoms. The van der Waals surface area contributed by atoms with E-state index < -0.39 is 35.8 Å². The minimum absolute atomic E-state index is 0.554. The summed E-state index contributed by atoms with van der Waals surface area (Å²) >= 11 is 0. The quantitative estimate of drug-likeness (QED) is 0.444. The Hall–Kier alpha value is 0.548. The molecule has 0 aromatic rings. The molecule has 0 aliphatic rings. The number of hydrogen-bond acceptors (Lipinski definition) is 4. The van der Waals surface area contributed by atoms with Crippen LogP contribution < -0.4 is 0 Å². The van der Waals surface area contributed by atoms with Crippen LogP contribution in [0.1, 0.15) is 26.2 Å². The van der Waals surface area contributed by atoms with Crippen LogP contribution in [0, 0.1) is 0 Å². The molecule has 2 atom stereocenters. The Morgan fingerprint density at radius 1 is 1.41 bits per heavy atom. The van der Waals surface area contributed by atoms with E-state index in [4.69, 9.17) is 13.3 Å². The van der Waals surface area contributed by atoms with Crippen LogP contribution in [0.3, 0.4) is 0 Å². The zero-order chi connectivity index (χ0) is 13.1. The molecule has 17 heavy (non-hydrogen) atoms. The van der Waals surface area contributed by atoms with Crippen molar-refractivity contribution >= 4 is 35.8 Å². The highest BCUT2D eigenvalue weighted by molar-refractivity contribution is 7.19. The fourth-order valence-corrected chi connectivity index (χ4v) is 8.12. The van der Waals surface area contributed by atoms with E-state index in [1.807, 2.05) is 0 Å². The van der Waals surface area contributed by atoms with E-state index in [1.165, 1.54) is 6.04 Å². The van der Waals surface area contributed by atoms with Gasteiger partial charge in [0.2, 0.25) is 8.92 Å². The molecule has 8 heteroatoms. The van der Waals surface area contributed by atoms with Crippen molar-refractivity contribution in [1.29, 1.82) is 0 Å². The van der Waals surface area contributed by atoms with Gasteiger partial charge in [-0.3, -0.25) is 0 Å². The molecule has 0 aliphatic carbocycles. The second-order valence-corrected chi connectivity index (χ2v) is 17.4. The first-order valence-electron chi connectivity index (χ1n) is 6.38. The molecule has 0 fully saturated rings. The summed E-state index contributed by atoms with van der Waals surface area (Å²) < 4.78 is 21.8. The zero-order valence-corrected chi connectivity index (χ0v) is 16.0. The molecule has 1 N–H and O–H groups in total. The first-order chi connectivity index (χ1) is 8.04. The molecule has 0 saturated carbocycles. The molecule has 0 amide bonds. The molecule has 0 radical (unpaired) electrons. The summed E-state index contributed by atoms with van der Waals surface area (Å²) in [5.74, 6) is 0. The lowest BCUT2D eigenvalue weighted by Gasteiger charge is -2.18. The zero-order valence-electron chi connectivity index (χ0n) is 11.3. The Morgan fingerprint density at radius 2 is 2.12 bits per heavy atom. The van der Waals surface area contributed by atoms with Gasteiger partial charge in [-0.1, -0.05) is 38.4 Å². The van der Waals surface area contributed by atoms with Gasteiger partial charge in [-0.25, -0.2) is 0 Å². The number of rotatable bonds is 11. The van der Waals surface area contributed by atoms with Crippen LogP contribution in [0.5, 0.6) is 0 Å². The van der Waals surface area contributed by atoms with Crippen LogP contribution in [-0.4, -0.2) is 47.2 Å². The van der Waals surface area contributed by atoms with E-state index in [-0.39, 0.29) is 0 Å². The third-order valence-corrected chi connectivity index (χ3v) is 12.9. The summed E-state index contributed by atoms with van der Waals surface area (Å²) in [6.45, 7) is 6.90. The van der Waals surface area contributed by atoms with Crippen LogP contribution in [-0.2, 0) is 13.0 Å². The van der Waals surface area contributed by atoms with E-state index in [9.17, 15) is 4.46 Å². The Bertz CT molecular complexity index is 205. The Balaban J connectivity index is 3.46. The predicted molar refractivity (Wildman–Crippen MR) is 79.4 cm³/mol. The smallest absolute Gasteiger partial charge is 0.306 e. The predicted octanol–water partition coefficient (Wildman–Crippen LogP) is 0.408. The van der Waals surface area contributed by atoms with E-state index in [0.717, 1.165) is 31.9 Å². The third-order valence-electron chi connectivity index (χ3n) is 2.78. The average molecular weight is 311 g/mol. The van der Waals surface area contributed by atoms with Crippen LogP contribution in [0.4, 0.5) is 0 Å². The highest BCUT2D eigenvalue weighted by Crippen LogP contribution is 2.17. The maximum Gasteiger partial charge on any atom is 0.306 e. The van der Waals surface area contributed by atoms with Gasteiger partial charge in [-0.05, 0) is 13.0 Å². The molecule has 4 nitrogen and oxygen atoms in total. The van der Waals surface area contributed by atoms with E-state index in [1.54, 1.807) is 6.55 Å². The minimum atomic E-state index is -1.87. The molecule has 0 saturated heterocycles. The second-order valence-electron chi connectivity index (χ2n) is 4.77. The van der Waals surface area contributed by atoms with Gasteiger partial charge in [0.05, 0.1) is 0 Å². The monoisotopic (exact) mass is 310 g/mol. The summed E-state index contributed by atoms with van der Waals surface area (Å²) in [5.41, 5.74) is 0. The van der Waals surface area contributed by atoms with Crippen LogP contribution >= 0.6 is 0 Å². The van der Waals surface area contributed by atoms with Crippen molar-refractivity contribution in [2.75, 3.05) is 6.61 Å². The van der Waals surface area contributed by atoms with Crippen molar-refractivity contribution in [3.05, 3.63) is 0 Å². The van der Waals surface area contributed by atoms with Gasteiger partial charge in [0.1, 0.15) is 7.59 Å². The van der Waals surface area contributed by atoms with E-state index >= 15 is 0 Å². The maximum absolute atomic E-state index is 11.3. The lowest BCUT2D eigenvalue weighted by atomic mass is 10.4. The topological polar surface area (TPSA) is 55.8 Å². The van der Waals surface area contributed by atoms with Gasteiger partial charge in [0.15, 0.2) is 0 Å². The molecular formula is C9H26O4Si4. The lowest BCUT2D eigenvalue weighted by molar-refractivity contribution is 0.271. The molecule has 0 bridgehead atoms. The molecular weight excluding hydrogens is 284 g/mol. The first kappa shape index (κ1) is 17.5. The SMILES string of the molecule is CCC[Si](C)(CCCCO[SiH2]O[SiH](C)O)[SiH]=O. The lowest BCUT2D eigenvalue weighted by Crippen LogP contribution is -2.33. The van der Waals surface area contributed by atoms with Gasteiger partial charge in [-0.15, -0.1) is 0 Å². The largest absolute Gasteiger partial charge is 0.422 e. The van der Waals surface area contributed by atoms with Crippen molar-refractivity contribution in [2.45, 2.75) is 51.4 Å². The fraction of sp³-hybridized carbons (Fsp3) is 1.00. The molecule has 0 heterocycles. The van der Waals surface area contributed by atoms with Crippen LogP contribution in [0.2, 0.25) is 25.2 Å². The highest BCUT2D eigenvalue weighted by Gasteiger charge is 2.25. The van der Waals surface area contributed by atoms with E-state index in [0.29, 0.717) is 0 Å². The fourth-order valence-electron chi connectivity index (χ4n) is 1.75. The van der Waals surface area contributed by atoms with Crippen molar-refractivity contribution < 1.29 is 17.8 Å². The van der Waals surface area contributed by atoms with Crippen molar-refractivity contribution in [2.24, 2.45) is 0 Å².